The molecule has 1 aliphatic heterocycles. The zero-order valence-electron chi connectivity index (χ0n) is 17.1. The van der Waals surface area contributed by atoms with Crippen LogP contribution in [0.2, 0.25) is 0 Å². The number of carbonyl (C=O) groups is 1. The molecule has 0 bridgehead atoms. The molecule has 3 rings (SSSR count). The fourth-order valence-corrected chi connectivity index (χ4v) is 4.65. The smallest absolute Gasteiger partial charge is 0.242 e. The Hall–Kier alpha value is -2.42. The molecule has 0 aliphatic carbocycles. The third-order valence-corrected chi connectivity index (χ3v) is 6.64. The number of ether oxygens (including phenoxy) is 2. The van der Waals surface area contributed by atoms with Gasteiger partial charge in [0.25, 0.3) is 0 Å². The molecule has 162 valence electrons. The monoisotopic (exact) mass is 432 g/mol. The Labute approximate surface area is 177 Å². The van der Waals surface area contributed by atoms with Crippen molar-refractivity contribution in [1.29, 1.82) is 0 Å². The minimum atomic E-state index is -3.02. The van der Waals surface area contributed by atoms with E-state index in [1.165, 1.54) is 0 Å². The predicted molar refractivity (Wildman–Crippen MR) is 115 cm³/mol. The van der Waals surface area contributed by atoms with E-state index in [4.69, 9.17) is 9.47 Å². The van der Waals surface area contributed by atoms with Crippen molar-refractivity contribution in [1.82, 2.24) is 10.2 Å². The number of nitrogens with zero attached hydrogens (tertiary/aromatic N) is 1. The van der Waals surface area contributed by atoms with Crippen LogP contribution in [0.25, 0.3) is 0 Å². The summed E-state index contributed by atoms with van der Waals surface area (Å²) in [6.45, 7) is 2.01. The lowest BCUT2D eigenvalue weighted by molar-refractivity contribution is -0.126. The average molecular weight is 433 g/mol. The van der Waals surface area contributed by atoms with E-state index in [1.807, 2.05) is 59.5 Å². The van der Waals surface area contributed by atoms with Gasteiger partial charge in [-0.3, -0.25) is 9.69 Å². The first-order valence-electron chi connectivity index (χ1n) is 9.96. The van der Waals surface area contributed by atoms with E-state index >= 15 is 0 Å². The van der Waals surface area contributed by atoms with E-state index in [1.54, 1.807) is 7.11 Å². The van der Waals surface area contributed by atoms with Crippen LogP contribution in [0.3, 0.4) is 0 Å². The largest absolute Gasteiger partial charge is 0.491 e. The van der Waals surface area contributed by atoms with Gasteiger partial charge >= 0.3 is 0 Å². The topological polar surface area (TPSA) is 84.9 Å². The van der Waals surface area contributed by atoms with Crippen LogP contribution in [-0.2, 0) is 25.9 Å². The number of methoxy groups -OCH3 is 1. The minimum absolute atomic E-state index is 0.0739. The highest BCUT2D eigenvalue weighted by Gasteiger charge is 2.32. The molecule has 7 nitrogen and oxygen atoms in total. The number of nitrogens with one attached hydrogen (secondary N) is 1. The maximum atomic E-state index is 13.1. The molecule has 1 N–H and O–H groups in total. The Morgan fingerprint density at radius 1 is 1.07 bits per heavy atom. The van der Waals surface area contributed by atoms with Crippen LogP contribution >= 0.6 is 0 Å². The fraction of sp³-hybridized carbons (Fsp3) is 0.409. The van der Waals surface area contributed by atoms with Gasteiger partial charge in [-0.15, -0.1) is 0 Å². The second kappa shape index (κ2) is 10.6. The third kappa shape index (κ3) is 6.29. The summed E-state index contributed by atoms with van der Waals surface area (Å²) in [7, 11) is -1.40. The lowest BCUT2D eigenvalue weighted by Crippen LogP contribution is -2.47. The molecule has 1 fully saturated rings. The molecule has 30 heavy (non-hydrogen) atoms. The van der Waals surface area contributed by atoms with Crippen molar-refractivity contribution in [2.75, 3.05) is 44.9 Å². The van der Waals surface area contributed by atoms with Crippen molar-refractivity contribution in [2.45, 2.75) is 12.6 Å². The van der Waals surface area contributed by atoms with Gasteiger partial charge in [-0.25, -0.2) is 8.42 Å². The summed E-state index contributed by atoms with van der Waals surface area (Å²) in [4.78, 5) is 15.1. The standard InChI is InChI=1S/C22H28N2O5S/c1-28-12-13-29-20-9-5-6-18(16-20)17-23-22(25)21(19-7-3-2-4-8-19)24-10-14-30(26,27)15-11-24/h2-9,16,21H,10-15,17H2,1H3,(H,23,25). The van der Waals surface area contributed by atoms with Crippen LogP contribution in [0.4, 0.5) is 0 Å². The second-order valence-corrected chi connectivity index (χ2v) is 9.51. The highest BCUT2D eigenvalue weighted by molar-refractivity contribution is 7.91. The normalized spacial score (nSPS) is 17.2. The van der Waals surface area contributed by atoms with Crippen LogP contribution in [0, 0.1) is 0 Å². The summed E-state index contributed by atoms with van der Waals surface area (Å²) in [5.74, 6) is 0.723. The van der Waals surface area contributed by atoms with Crippen molar-refractivity contribution >= 4 is 15.7 Å². The van der Waals surface area contributed by atoms with Crippen molar-refractivity contribution < 1.29 is 22.7 Å². The molecule has 1 atom stereocenters. The maximum absolute atomic E-state index is 13.1. The van der Waals surface area contributed by atoms with Gasteiger partial charge in [-0.05, 0) is 23.3 Å². The Balaban J connectivity index is 1.67. The Bertz CT molecular complexity index is 920. The quantitative estimate of drug-likeness (QED) is 0.609. The Kier molecular flexibility index (Phi) is 7.84. The first-order chi connectivity index (χ1) is 14.5. The highest BCUT2D eigenvalue weighted by atomic mass is 32.2. The molecular formula is C22H28N2O5S. The summed E-state index contributed by atoms with van der Waals surface area (Å²) in [6.07, 6.45) is 0. The van der Waals surface area contributed by atoms with Gasteiger partial charge in [-0.1, -0.05) is 42.5 Å². The molecule has 1 aliphatic rings. The van der Waals surface area contributed by atoms with Crippen molar-refractivity contribution in [3.05, 3.63) is 65.7 Å². The fourth-order valence-electron chi connectivity index (χ4n) is 3.42. The number of hydrogen-bond donors (Lipinski definition) is 1. The highest BCUT2D eigenvalue weighted by Crippen LogP contribution is 2.23. The number of rotatable bonds is 9. The van der Waals surface area contributed by atoms with E-state index < -0.39 is 15.9 Å². The Morgan fingerprint density at radius 2 is 1.80 bits per heavy atom. The molecule has 1 heterocycles. The molecule has 0 saturated carbocycles. The van der Waals surface area contributed by atoms with E-state index in [0.717, 1.165) is 16.9 Å². The van der Waals surface area contributed by atoms with Gasteiger partial charge in [0, 0.05) is 26.7 Å². The summed E-state index contributed by atoms with van der Waals surface area (Å²) >= 11 is 0. The van der Waals surface area contributed by atoms with E-state index in [2.05, 4.69) is 5.32 Å². The summed E-state index contributed by atoms with van der Waals surface area (Å²) in [6, 6.07) is 16.5. The van der Waals surface area contributed by atoms with Crippen molar-refractivity contribution in [3.8, 4) is 5.75 Å². The molecule has 0 aromatic heterocycles. The number of benzene rings is 2. The van der Waals surface area contributed by atoms with E-state index in [-0.39, 0.29) is 17.4 Å². The molecule has 0 spiro atoms. The summed E-state index contributed by atoms with van der Waals surface area (Å²) < 4.78 is 34.2. The SMILES string of the molecule is COCCOc1cccc(CNC(=O)C(c2ccccc2)N2CCS(=O)(=O)CC2)c1. The number of amides is 1. The first kappa shape index (κ1) is 22.3. The van der Waals surface area contributed by atoms with Crippen molar-refractivity contribution in [3.63, 3.8) is 0 Å². The van der Waals surface area contributed by atoms with Gasteiger partial charge in [0.1, 0.15) is 18.4 Å². The van der Waals surface area contributed by atoms with Gasteiger partial charge in [0.15, 0.2) is 9.84 Å². The molecule has 1 amide bonds. The summed E-state index contributed by atoms with van der Waals surface area (Å²) in [5, 5.41) is 3.00. The van der Waals surface area contributed by atoms with E-state index in [0.29, 0.717) is 32.8 Å². The number of sulfone groups is 1. The number of hydrogen-bond acceptors (Lipinski definition) is 6. The van der Waals surface area contributed by atoms with Gasteiger partial charge in [-0.2, -0.15) is 0 Å². The first-order valence-corrected chi connectivity index (χ1v) is 11.8. The second-order valence-electron chi connectivity index (χ2n) is 7.21. The predicted octanol–water partition coefficient (Wildman–Crippen LogP) is 1.80. The molecule has 8 heteroatoms. The van der Waals surface area contributed by atoms with Crippen LogP contribution in [0.1, 0.15) is 17.2 Å². The maximum Gasteiger partial charge on any atom is 0.242 e. The third-order valence-electron chi connectivity index (χ3n) is 5.03. The van der Waals surface area contributed by atoms with Gasteiger partial charge in [0.2, 0.25) is 5.91 Å². The number of carbonyl (C=O) groups excluding carboxylic acids is 1. The van der Waals surface area contributed by atoms with Crippen molar-refractivity contribution in [2.24, 2.45) is 0 Å². The van der Waals surface area contributed by atoms with Crippen LogP contribution in [0.5, 0.6) is 5.75 Å². The minimum Gasteiger partial charge on any atom is -0.491 e. The van der Waals surface area contributed by atoms with Crippen LogP contribution in [-0.4, -0.2) is 64.1 Å². The van der Waals surface area contributed by atoms with E-state index in [9.17, 15) is 13.2 Å². The lowest BCUT2D eigenvalue weighted by Gasteiger charge is -2.33. The Morgan fingerprint density at radius 3 is 2.50 bits per heavy atom. The molecule has 2 aromatic carbocycles. The van der Waals surface area contributed by atoms with Gasteiger partial charge in [0.05, 0.1) is 18.1 Å². The van der Waals surface area contributed by atoms with Crippen LogP contribution < -0.4 is 10.1 Å². The molecule has 0 radical (unpaired) electrons. The summed E-state index contributed by atoms with van der Waals surface area (Å²) in [5.41, 5.74) is 1.78. The zero-order valence-corrected chi connectivity index (χ0v) is 17.9. The molecule has 2 aromatic rings. The zero-order chi connectivity index (χ0) is 21.4. The molecule has 1 unspecified atom stereocenters. The van der Waals surface area contributed by atoms with Gasteiger partial charge < -0.3 is 14.8 Å². The van der Waals surface area contributed by atoms with Crippen LogP contribution in [0.15, 0.2) is 54.6 Å². The lowest BCUT2D eigenvalue weighted by atomic mass is 10.0. The average Bonchev–Trinajstić information content (AvgIpc) is 2.75. The molecular weight excluding hydrogens is 404 g/mol. The molecule has 1 saturated heterocycles.